The highest BCUT2D eigenvalue weighted by Gasteiger charge is 2.25. The number of rotatable bonds is 4. The smallest absolute Gasteiger partial charge is 0.335 e. The summed E-state index contributed by atoms with van der Waals surface area (Å²) in [6.45, 7) is 1.37. The number of nitrogens with zero attached hydrogens (tertiary/aromatic N) is 1. The molecule has 2 heterocycles. The van der Waals surface area contributed by atoms with Crippen LogP contribution < -0.4 is 0 Å². The normalized spacial score (nSPS) is 15.1. The molecule has 6 heteroatoms. The highest BCUT2D eigenvalue weighted by atomic mass is 19.1. The topological polar surface area (TPSA) is 73.4 Å². The van der Waals surface area contributed by atoms with Crippen molar-refractivity contribution in [2.24, 2.45) is 0 Å². The Morgan fingerprint density at radius 2 is 1.82 bits per heavy atom. The lowest BCUT2D eigenvalue weighted by atomic mass is 9.89. The summed E-state index contributed by atoms with van der Waals surface area (Å²) in [4.78, 5) is 28.5. The van der Waals surface area contributed by atoms with E-state index in [0.29, 0.717) is 19.0 Å². The second-order valence-corrected chi connectivity index (χ2v) is 7.27. The summed E-state index contributed by atoms with van der Waals surface area (Å²) in [6.07, 6.45) is 3.97. The lowest BCUT2D eigenvalue weighted by molar-refractivity contribution is -0.131. The van der Waals surface area contributed by atoms with Crippen molar-refractivity contribution in [3.63, 3.8) is 0 Å². The Balaban J connectivity index is 1.38. The highest BCUT2D eigenvalue weighted by molar-refractivity contribution is 5.88. The number of benzene rings is 2. The Bertz CT molecular complexity index is 1020. The van der Waals surface area contributed by atoms with Gasteiger partial charge in [0.05, 0.1) is 12.0 Å². The molecule has 1 amide bonds. The lowest BCUT2D eigenvalue weighted by Gasteiger charge is -2.32. The molecule has 0 aliphatic carbocycles. The van der Waals surface area contributed by atoms with Crippen LogP contribution in [-0.2, 0) is 11.2 Å². The zero-order valence-electron chi connectivity index (χ0n) is 15.3. The molecule has 0 atom stereocenters. The van der Waals surface area contributed by atoms with E-state index < -0.39 is 5.97 Å². The van der Waals surface area contributed by atoms with Gasteiger partial charge in [0.1, 0.15) is 5.82 Å². The van der Waals surface area contributed by atoms with Crippen molar-refractivity contribution in [1.82, 2.24) is 9.88 Å². The Morgan fingerprint density at radius 3 is 2.50 bits per heavy atom. The molecule has 1 fully saturated rings. The number of carboxylic acids is 1. The van der Waals surface area contributed by atoms with Crippen LogP contribution in [0.5, 0.6) is 0 Å². The van der Waals surface area contributed by atoms with Crippen LogP contribution in [0.3, 0.4) is 0 Å². The maximum Gasteiger partial charge on any atom is 0.335 e. The molecule has 1 aromatic heterocycles. The van der Waals surface area contributed by atoms with Crippen LogP contribution in [0, 0.1) is 5.82 Å². The molecule has 3 aromatic rings. The number of aromatic amines is 1. The van der Waals surface area contributed by atoms with Crippen molar-refractivity contribution in [2.45, 2.75) is 25.2 Å². The number of aromatic nitrogens is 1. The standard InChI is InChI=1S/C22H21FN2O3/c23-17-5-6-18-19(13-24-20(18)12-17)15-7-9-25(10-8-15)21(26)11-14-1-3-16(4-2-14)22(27)28/h1-6,12-13,15,24H,7-11H2,(H,27,28). The fourth-order valence-corrected chi connectivity index (χ4v) is 3.95. The van der Waals surface area contributed by atoms with Crippen molar-refractivity contribution >= 4 is 22.8 Å². The number of H-pyrrole nitrogens is 1. The molecule has 1 aliphatic rings. The monoisotopic (exact) mass is 380 g/mol. The molecule has 0 spiro atoms. The fraction of sp³-hybridized carbons (Fsp3) is 0.273. The van der Waals surface area contributed by atoms with Crippen LogP contribution in [0.25, 0.3) is 10.9 Å². The largest absolute Gasteiger partial charge is 0.478 e. The molecule has 0 radical (unpaired) electrons. The fourth-order valence-electron chi connectivity index (χ4n) is 3.95. The second kappa shape index (κ2) is 7.46. The Labute approximate surface area is 161 Å². The van der Waals surface area contributed by atoms with Crippen LogP contribution in [0.2, 0.25) is 0 Å². The van der Waals surface area contributed by atoms with Crippen molar-refractivity contribution in [1.29, 1.82) is 0 Å². The van der Waals surface area contributed by atoms with Gasteiger partial charge < -0.3 is 15.0 Å². The van der Waals surface area contributed by atoms with Gasteiger partial charge in [0.2, 0.25) is 5.91 Å². The third kappa shape index (κ3) is 3.63. The minimum absolute atomic E-state index is 0.0579. The summed E-state index contributed by atoms with van der Waals surface area (Å²) in [5.74, 6) is -0.821. The average Bonchev–Trinajstić information content (AvgIpc) is 3.11. The van der Waals surface area contributed by atoms with E-state index in [4.69, 9.17) is 5.11 Å². The molecule has 0 unspecified atom stereocenters. The predicted molar refractivity (Wildman–Crippen MR) is 104 cm³/mol. The number of carboxylic acid groups (broad SMARTS) is 1. The van der Waals surface area contributed by atoms with Gasteiger partial charge in [-0.3, -0.25) is 4.79 Å². The summed E-state index contributed by atoms with van der Waals surface area (Å²) in [5, 5.41) is 9.99. The van der Waals surface area contributed by atoms with Crippen LogP contribution in [-0.4, -0.2) is 40.0 Å². The van der Waals surface area contributed by atoms with Crippen molar-refractivity contribution in [2.75, 3.05) is 13.1 Å². The molecular weight excluding hydrogens is 359 g/mol. The van der Waals surface area contributed by atoms with Crippen LogP contribution in [0.4, 0.5) is 4.39 Å². The van der Waals surface area contributed by atoms with Crippen molar-refractivity contribution in [3.8, 4) is 0 Å². The molecular formula is C22H21FN2O3. The van der Waals surface area contributed by atoms with Crippen molar-refractivity contribution < 1.29 is 19.1 Å². The Kier molecular flexibility index (Phi) is 4.86. The van der Waals surface area contributed by atoms with E-state index >= 15 is 0 Å². The molecule has 0 bridgehead atoms. The summed E-state index contributed by atoms with van der Waals surface area (Å²) in [5.41, 5.74) is 3.02. The molecule has 28 heavy (non-hydrogen) atoms. The van der Waals surface area contributed by atoms with Gasteiger partial charge in [-0.15, -0.1) is 0 Å². The zero-order chi connectivity index (χ0) is 19.7. The molecule has 144 valence electrons. The van der Waals surface area contributed by atoms with E-state index in [9.17, 15) is 14.0 Å². The number of aromatic carboxylic acids is 1. The first-order valence-electron chi connectivity index (χ1n) is 9.38. The third-order valence-corrected chi connectivity index (χ3v) is 5.52. The zero-order valence-corrected chi connectivity index (χ0v) is 15.3. The summed E-state index contributed by atoms with van der Waals surface area (Å²) in [6, 6.07) is 11.2. The molecule has 1 saturated heterocycles. The van der Waals surface area contributed by atoms with E-state index in [1.807, 2.05) is 17.2 Å². The first-order valence-corrected chi connectivity index (χ1v) is 9.38. The SMILES string of the molecule is O=C(O)c1ccc(CC(=O)N2CCC(c3c[nH]c4cc(F)ccc34)CC2)cc1. The third-order valence-electron chi connectivity index (χ3n) is 5.52. The van der Waals surface area contributed by atoms with E-state index in [1.165, 1.54) is 29.8 Å². The average molecular weight is 380 g/mol. The van der Waals surface area contributed by atoms with Gasteiger partial charge in [0.25, 0.3) is 0 Å². The van der Waals surface area contributed by atoms with Crippen LogP contribution in [0.1, 0.15) is 40.2 Å². The number of carbonyl (C=O) groups excluding carboxylic acids is 1. The first kappa shape index (κ1) is 18.2. The van der Waals surface area contributed by atoms with Gasteiger partial charge in [0.15, 0.2) is 0 Å². The van der Waals surface area contributed by atoms with Gasteiger partial charge in [-0.1, -0.05) is 12.1 Å². The van der Waals surface area contributed by atoms with E-state index in [0.717, 1.165) is 29.3 Å². The van der Waals surface area contributed by atoms with Gasteiger partial charge in [-0.2, -0.15) is 0 Å². The molecule has 5 nitrogen and oxygen atoms in total. The van der Waals surface area contributed by atoms with Gasteiger partial charge in [0, 0.05) is 30.2 Å². The maximum atomic E-state index is 13.4. The van der Waals surface area contributed by atoms with Crippen LogP contribution >= 0.6 is 0 Å². The summed E-state index contributed by atoms with van der Waals surface area (Å²) >= 11 is 0. The molecule has 0 saturated carbocycles. The summed E-state index contributed by atoms with van der Waals surface area (Å²) < 4.78 is 13.4. The number of carbonyl (C=O) groups is 2. The highest BCUT2D eigenvalue weighted by Crippen LogP contribution is 2.33. The second-order valence-electron chi connectivity index (χ2n) is 7.27. The Hall–Kier alpha value is -3.15. The molecule has 2 aromatic carbocycles. The first-order chi connectivity index (χ1) is 13.5. The minimum Gasteiger partial charge on any atom is -0.478 e. The molecule has 4 rings (SSSR count). The quantitative estimate of drug-likeness (QED) is 0.720. The van der Waals surface area contributed by atoms with E-state index in [2.05, 4.69) is 4.98 Å². The Morgan fingerprint density at radius 1 is 1.11 bits per heavy atom. The van der Waals surface area contributed by atoms with Gasteiger partial charge in [-0.05, 0) is 60.2 Å². The minimum atomic E-state index is -0.972. The number of piperidine rings is 1. The van der Waals surface area contributed by atoms with Gasteiger partial charge in [-0.25, -0.2) is 9.18 Å². The number of nitrogens with one attached hydrogen (secondary N) is 1. The van der Waals surface area contributed by atoms with Gasteiger partial charge >= 0.3 is 5.97 Å². The van der Waals surface area contributed by atoms with E-state index in [1.54, 1.807) is 12.1 Å². The number of halogens is 1. The lowest BCUT2D eigenvalue weighted by Crippen LogP contribution is -2.38. The maximum absolute atomic E-state index is 13.4. The van der Waals surface area contributed by atoms with Crippen molar-refractivity contribution in [3.05, 3.63) is 71.2 Å². The molecule has 2 N–H and O–H groups in total. The number of hydrogen-bond acceptors (Lipinski definition) is 2. The number of fused-ring (bicyclic) bond motifs is 1. The van der Waals surface area contributed by atoms with E-state index in [-0.39, 0.29) is 23.7 Å². The number of hydrogen-bond donors (Lipinski definition) is 2. The molecule has 1 aliphatic heterocycles. The predicted octanol–water partition coefficient (Wildman–Crippen LogP) is 3.95. The van der Waals surface area contributed by atoms with Crippen LogP contribution in [0.15, 0.2) is 48.7 Å². The number of likely N-dealkylation sites (tertiary alicyclic amines) is 1. The number of amides is 1. The summed E-state index contributed by atoms with van der Waals surface area (Å²) in [7, 11) is 0.